The minimum Gasteiger partial charge on any atom is -0.309 e. The second kappa shape index (κ2) is 11.5. The molecule has 8 aromatic carbocycles. The van der Waals surface area contributed by atoms with Gasteiger partial charge in [-0.25, -0.2) is 9.49 Å². The van der Waals surface area contributed by atoms with Crippen molar-refractivity contribution in [3.63, 3.8) is 0 Å². The van der Waals surface area contributed by atoms with Gasteiger partial charge in [0.05, 0.1) is 43.5 Å². The Morgan fingerprint density at radius 2 is 0.648 bits per heavy atom. The zero-order valence-corrected chi connectivity index (χ0v) is 30.9. The summed E-state index contributed by atoms with van der Waals surface area (Å²) in [6.45, 7) is 0. The van der Waals surface area contributed by atoms with Crippen LogP contribution in [0.5, 0.6) is 0 Å². The average molecular weight is 727 g/mol. The lowest BCUT2D eigenvalue weighted by Gasteiger charge is -2.09. The number of hydrogen-bond donors (Lipinski definition) is 2. The van der Waals surface area contributed by atoms with Crippen LogP contribution in [0.2, 0.25) is 0 Å². The van der Waals surface area contributed by atoms with Gasteiger partial charge in [0, 0.05) is 32.9 Å². The van der Waals surface area contributed by atoms with Crippen molar-refractivity contribution in [2.45, 2.75) is 0 Å². The first kappa shape index (κ1) is 30.1. The van der Waals surface area contributed by atoms with Gasteiger partial charge in [-0.3, -0.25) is 0 Å². The van der Waals surface area contributed by atoms with Crippen molar-refractivity contribution in [2.24, 2.45) is 0 Å². The van der Waals surface area contributed by atoms with E-state index in [1.54, 1.807) is 0 Å². The molecule has 0 bridgehead atoms. The third-order valence-corrected chi connectivity index (χ3v) is 15.4. The molecule has 2 aliphatic rings. The minimum absolute atomic E-state index is 0.821. The van der Waals surface area contributed by atoms with E-state index in [0.717, 1.165) is 0 Å². The molecule has 2 aromatic heterocycles. The molecule has 6 heteroatoms. The number of nitrogens with one attached hydrogen (secondary N) is 2. The maximum atomic E-state index is 4.06. The summed E-state index contributed by atoms with van der Waals surface area (Å²) in [6.07, 6.45) is 0. The molecular formula is C48H32N4P2+2. The van der Waals surface area contributed by atoms with E-state index < -0.39 is 15.4 Å². The molecule has 12 rings (SSSR count). The molecular weight excluding hydrogens is 695 g/mol. The fourth-order valence-corrected chi connectivity index (χ4v) is 13.0. The van der Waals surface area contributed by atoms with Crippen LogP contribution >= 0.6 is 15.4 Å². The molecule has 0 fully saturated rings. The second-order valence-corrected chi connectivity index (χ2v) is 17.9. The highest BCUT2D eigenvalue weighted by molar-refractivity contribution is 7.59. The van der Waals surface area contributed by atoms with E-state index in [9.17, 15) is 0 Å². The molecule has 0 spiro atoms. The van der Waals surface area contributed by atoms with Gasteiger partial charge in [-0.1, -0.05) is 84.9 Å². The van der Waals surface area contributed by atoms with Gasteiger partial charge in [0.2, 0.25) is 0 Å². The number of aromatic amines is 2. The Labute approximate surface area is 312 Å². The summed E-state index contributed by atoms with van der Waals surface area (Å²) in [4.78, 5) is 0. The normalized spacial score (nSPS) is 12.7. The van der Waals surface area contributed by atoms with Crippen LogP contribution in [0.3, 0.4) is 0 Å². The minimum atomic E-state index is -0.821. The van der Waals surface area contributed by atoms with Crippen molar-refractivity contribution in [1.82, 2.24) is 18.6 Å². The van der Waals surface area contributed by atoms with Crippen LogP contribution in [0, 0.1) is 10.4 Å². The van der Waals surface area contributed by atoms with Crippen LogP contribution in [0.1, 0.15) is 0 Å². The molecule has 10 aromatic rings. The molecule has 2 N–H and O–H groups in total. The number of H-pyrrole nitrogens is 2. The third-order valence-electron chi connectivity index (χ3n) is 11.2. The van der Waals surface area contributed by atoms with Gasteiger partial charge in [0.15, 0.2) is 20.8 Å². The fourth-order valence-electron chi connectivity index (χ4n) is 8.84. The Balaban J connectivity index is 0.999. The summed E-state index contributed by atoms with van der Waals surface area (Å²) in [7, 11) is -1.64. The predicted molar refractivity (Wildman–Crippen MR) is 231 cm³/mol. The van der Waals surface area contributed by atoms with Crippen LogP contribution in [0.25, 0.3) is 86.9 Å². The SMILES string of the molecule is c1ccc2c(c1)c1ccccc1n2-c1ccc(-[p+]2[nH]c3cccc4c3=c3c(cccc32)[nH][p+]4-c2ccc(-n3c4ccccc4c4ccccc43)cc2)cc1. The summed E-state index contributed by atoms with van der Waals surface area (Å²) in [6, 6.07) is 67.0. The van der Waals surface area contributed by atoms with Gasteiger partial charge in [-0.15, -0.1) is 0 Å². The van der Waals surface area contributed by atoms with Crippen molar-refractivity contribution < 1.29 is 0 Å². The highest BCUT2D eigenvalue weighted by Gasteiger charge is 2.27. The van der Waals surface area contributed by atoms with Gasteiger partial charge in [0.25, 0.3) is 15.4 Å². The number of nitrogens with zero attached hydrogens (tertiary/aromatic N) is 2. The van der Waals surface area contributed by atoms with Crippen molar-refractivity contribution >= 4 is 80.3 Å². The molecule has 2 unspecified atom stereocenters. The molecule has 252 valence electrons. The van der Waals surface area contributed by atoms with E-state index in [-0.39, 0.29) is 0 Å². The quantitative estimate of drug-likeness (QED) is 0.181. The topological polar surface area (TPSA) is 41.4 Å². The predicted octanol–water partition coefficient (Wildman–Crippen LogP) is 14.1. The van der Waals surface area contributed by atoms with Gasteiger partial charge in [-0.05, 0) is 97.1 Å². The van der Waals surface area contributed by atoms with Crippen molar-refractivity contribution in [2.75, 3.05) is 0 Å². The largest absolute Gasteiger partial charge is 0.309 e. The maximum absolute atomic E-state index is 4.06. The number of fused-ring (bicyclic) bond motifs is 6. The van der Waals surface area contributed by atoms with Gasteiger partial charge in [0.1, 0.15) is 0 Å². The Kier molecular flexibility index (Phi) is 6.42. The highest BCUT2D eigenvalue weighted by atomic mass is 31.1. The smallest absolute Gasteiger partial charge is 0.256 e. The first-order valence-electron chi connectivity index (χ1n) is 18.4. The monoisotopic (exact) mass is 726 g/mol. The Hall–Kier alpha value is -6.44. The first-order valence-corrected chi connectivity index (χ1v) is 21.1. The van der Waals surface area contributed by atoms with E-state index in [4.69, 9.17) is 0 Å². The van der Waals surface area contributed by atoms with Gasteiger partial charge < -0.3 is 9.13 Å². The number of aromatic nitrogens is 4. The number of rotatable bonds is 4. The van der Waals surface area contributed by atoms with E-state index in [0.29, 0.717) is 0 Å². The molecule has 2 aliphatic heterocycles. The van der Waals surface area contributed by atoms with Crippen LogP contribution in [-0.2, 0) is 0 Å². The first-order chi connectivity index (χ1) is 26.8. The Bertz CT molecular complexity index is 3150. The number of para-hydroxylation sites is 4. The molecule has 4 heterocycles. The fraction of sp³-hybridized carbons (Fsp3) is 0. The molecule has 54 heavy (non-hydrogen) atoms. The maximum Gasteiger partial charge on any atom is 0.256 e. The van der Waals surface area contributed by atoms with E-state index in [2.05, 4.69) is 201 Å². The Morgan fingerprint density at radius 1 is 0.315 bits per heavy atom. The van der Waals surface area contributed by atoms with Crippen molar-refractivity contribution in [3.05, 3.63) is 192 Å². The zero-order chi connectivity index (χ0) is 35.3. The Morgan fingerprint density at radius 3 is 1.00 bits per heavy atom. The van der Waals surface area contributed by atoms with Gasteiger partial charge in [-0.2, -0.15) is 0 Å². The number of hydrogen-bond acceptors (Lipinski definition) is 0. The summed E-state index contributed by atoms with van der Waals surface area (Å²) in [5.41, 5.74) is 9.73. The van der Waals surface area contributed by atoms with E-state index in [1.165, 1.54) is 97.3 Å². The lowest BCUT2D eigenvalue weighted by atomic mass is 10.2. The second-order valence-electron chi connectivity index (χ2n) is 14.1. The zero-order valence-electron chi connectivity index (χ0n) is 29.1. The van der Waals surface area contributed by atoms with Gasteiger partial charge >= 0.3 is 0 Å². The van der Waals surface area contributed by atoms with Crippen molar-refractivity contribution in [1.29, 1.82) is 0 Å². The highest BCUT2D eigenvalue weighted by Crippen LogP contribution is 2.49. The van der Waals surface area contributed by atoms with Crippen LogP contribution in [0.4, 0.5) is 0 Å². The van der Waals surface area contributed by atoms with E-state index >= 15 is 0 Å². The summed E-state index contributed by atoms with van der Waals surface area (Å²) < 4.78 is 12.9. The average Bonchev–Trinajstić information content (AvgIpc) is 3.76. The number of benzene rings is 8. The molecule has 4 nitrogen and oxygen atoms in total. The molecule has 2 atom stereocenters. The lowest BCUT2D eigenvalue weighted by Crippen LogP contribution is -1.94. The van der Waals surface area contributed by atoms with Crippen LogP contribution < -0.4 is 0 Å². The molecule has 0 radical (unpaired) electrons. The molecule has 0 aliphatic carbocycles. The molecule has 0 saturated carbocycles. The van der Waals surface area contributed by atoms with E-state index in [1.807, 2.05) is 0 Å². The molecule has 0 amide bonds. The standard InChI is InChI=1S/C48H32N4P2/c1-5-17-41-35(11-1)36-12-2-6-18-42(36)51(41)31-23-27-33(28-24-31)53-45-21-9-16-40-47(45)48-39(49-53)15-10-22-46(48)54(50-40)34-29-25-32(26-30-34)52-43-19-7-3-13-37(43)38-14-4-8-20-44(38)52/h1-30,49-50H/q+2. The summed E-state index contributed by atoms with van der Waals surface area (Å²) in [5.74, 6) is 0. The molecule has 0 saturated heterocycles. The summed E-state index contributed by atoms with van der Waals surface area (Å²) in [5, 5.41) is 13.2. The summed E-state index contributed by atoms with van der Waals surface area (Å²) >= 11 is 0. The van der Waals surface area contributed by atoms with Crippen molar-refractivity contribution in [3.8, 4) is 22.0 Å². The third kappa shape index (κ3) is 4.27. The van der Waals surface area contributed by atoms with Crippen LogP contribution in [-0.4, -0.2) is 18.6 Å². The lowest BCUT2D eigenvalue weighted by molar-refractivity contribution is 1.18. The van der Waals surface area contributed by atoms with Crippen LogP contribution in [0.15, 0.2) is 182 Å².